The van der Waals surface area contributed by atoms with E-state index in [-0.39, 0.29) is 11.9 Å². The predicted octanol–water partition coefficient (Wildman–Crippen LogP) is 7.57. The largest absolute Gasteiger partial charge is 0.494 e. The maximum Gasteiger partial charge on any atom is 0.314 e. The molecule has 168 valence electrons. The van der Waals surface area contributed by atoms with Crippen LogP contribution in [0.25, 0.3) is 0 Å². The van der Waals surface area contributed by atoms with Gasteiger partial charge >= 0.3 is 5.97 Å². The van der Waals surface area contributed by atoms with E-state index < -0.39 is 0 Å². The van der Waals surface area contributed by atoms with Crippen LogP contribution < -0.4 is 9.47 Å². The number of benzene rings is 1. The molecule has 0 amide bonds. The normalized spacial score (nSPS) is 26.9. The number of ether oxygens (including phenoxy) is 2. The first-order valence-corrected chi connectivity index (χ1v) is 12.6. The van der Waals surface area contributed by atoms with E-state index in [2.05, 4.69) is 13.8 Å². The molecular weight excluding hydrogens is 372 g/mol. The predicted molar refractivity (Wildman–Crippen MR) is 123 cm³/mol. The summed E-state index contributed by atoms with van der Waals surface area (Å²) in [4.78, 5) is 12.4. The molecule has 0 bridgehead atoms. The zero-order valence-corrected chi connectivity index (χ0v) is 19.2. The molecule has 3 rings (SSSR count). The Kier molecular flexibility index (Phi) is 9.55. The van der Waals surface area contributed by atoms with Gasteiger partial charge in [0.05, 0.1) is 12.5 Å². The van der Waals surface area contributed by atoms with Gasteiger partial charge in [-0.1, -0.05) is 58.8 Å². The third-order valence-corrected chi connectivity index (χ3v) is 7.49. The lowest BCUT2D eigenvalue weighted by molar-refractivity contribution is -0.140. The first-order valence-electron chi connectivity index (χ1n) is 12.6. The van der Waals surface area contributed by atoms with Gasteiger partial charge in [0, 0.05) is 0 Å². The van der Waals surface area contributed by atoms with Gasteiger partial charge in [-0.3, -0.25) is 4.79 Å². The van der Waals surface area contributed by atoms with Gasteiger partial charge in [0.2, 0.25) is 0 Å². The van der Waals surface area contributed by atoms with Gasteiger partial charge < -0.3 is 9.47 Å². The smallest absolute Gasteiger partial charge is 0.314 e. The van der Waals surface area contributed by atoms with Crippen molar-refractivity contribution in [1.82, 2.24) is 0 Å². The Morgan fingerprint density at radius 3 is 1.97 bits per heavy atom. The third kappa shape index (κ3) is 7.32. The molecule has 3 nitrogen and oxygen atoms in total. The number of rotatable bonds is 10. The lowest BCUT2D eigenvalue weighted by atomic mass is 9.78. The molecule has 0 N–H and O–H groups in total. The minimum atomic E-state index is -0.0631. The van der Waals surface area contributed by atoms with E-state index in [0.717, 1.165) is 62.2 Å². The molecular formula is C27H42O3. The summed E-state index contributed by atoms with van der Waals surface area (Å²) in [6.07, 6.45) is 16.3. The molecule has 2 fully saturated rings. The minimum absolute atomic E-state index is 0.0631. The van der Waals surface area contributed by atoms with Crippen molar-refractivity contribution in [2.24, 2.45) is 23.7 Å². The highest BCUT2D eigenvalue weighted by atomic mass is 16.5. The molecule has 0 saturated heterocycles. The first kappa shape index (κ1) is 23.2. The van der Waals surface area contributed by atoms with Gasteiger partial charge in [-0.05, 0) is 80.5 Å². The highest BCUT2D eigenvalue weighted by Crippen LogP contribution is 2.34. The second-order valence-corrected chi connectivity index (χ2v) is 9.68. The lowest BCUT2D eigenvalue weighted by Crippen LogP contribution is -2.25. The number of carbonyl (C=O) groups excluding carboxylic acids is 1. The van der Waals surface area contributed by atoms with E-state index in [4.69, 9.17) is 9.47 Å². The molecule has 3 heteroatoms. The van der Waals surface area contributed by atoms with Crippen molar-refractivity contribution in [2.45, 2.75) is 97.3 Å². The fraction of sp³-hybridized carbons (Fsp3) is 0.741. The quantitative estimate of drug-likeness (QED) is 0.225. The summed E-state index contributed by atoms with van der Waals surface area (Å²) in [6.45, 7) is 5.32. The summed E-state index contributed by atoms with van der Waals surface area (Å²) in [6, 6.07) is 7.57. The molecule has 0 heterocycles. The Bertz CT molecular complexity index is 608. The van der Waals surface area contributed by atoms with Gasteiger partial charge in [0.25, 0.3) is 0 Å². The third-order valence-electron chi connectivity index (χ3n) is 7.49. The molecule has 0 aliphatic heterocycles. The second-order valence-electron chi connectivity index (χ2n) is 9.68. The average Bonchev–Trinajstić information content (AvgIpc) is 2.79. The van der Waals surface area contributed by atoms with Crippen LogP contribution in [0.4, 0.5) is 0 Å². The molecule has 2 aliphatic carbocycles. The second kappa shape index (κ2) is 12.4. The molecule has 0 spiro atoms. The fourth-order valence-corrected chi connectivity index (χ4v) is 5.39. The summed E-state index contributed by atoms with van der Waals surface area (Å²) in [5.41, 5.74) is 0. The molecule has 2 saturated carbocycles. The Morgan fingerprint density at radius 2 is 1.37 bits per heavy atom. The topological polar surface area (TPSA) is 35.5 Å². The highest BCUT2D eigenvalue weighted by molar-refractivity contribution is 5.75. The average molecular weight is 415 g/mol. The summed E-state index contributed by atoms with van der Waals surface area (Å²) < 4.78 is 11.5. The highest BCUT2D eigenvalue weighted by Gasteiger charge is 2.27. The van der Waals surface area contributed by atoms with Crippen molar-refractivity contribution in [3.63, 3.8) is 0 Å². The number of hydrogen-bond donors (Lipinski definition) is 0. The molecule has 0 radical (unpaired) electrons. The van der Waals surface area contributed by atoms with Crippen LogP contribution in [-0.4, -0.2) is 12.6 Å². The Labute approximate surface area is 183 Å². The van der Waals surface area contributed by atoms with Crippen LogP contribution in [0, 0.1) is 23.7 Å². The van der Waals surface area contributed by atoms with Gasteiger partial charge in [-0.25, -0.2) is 0 Å². The van der Waals surface area contributed by atoms with Crippen LogP contribution in [0.3, 0.4) is 0 Å². The number of esters is 1. The van der Waals surface area contributed by atoms with Crippen molar-refractivity contribution >= 4 is 5.97 Å². The summed E-state index contributed by atoms with van der Waals surface area (Å²) in [5.74, 6) is 4.19. The maximum absolute atomic E-state index is 12.4. The van der Waals surface area contributed by atoms with Crippen molar-refractivity contribution < 1.29 is 14.3 Å². The number of hydrogen-bond acceptors (Lipinski definition) is 3. The summed E-state index contributed by atoms with van der Waals surface area (Å²) in [7, 11) is 0. The van der Waals surface area contributed by atoms with Crippen LogP contribution in [0.2, 0.25) is 0 Å². The SMILES string of the molecule is CCC[C@H]1CC[C@H](CCCOc2ccc(OC(=O)[C@H]3CC[C@H](CC)CC3)cc2)CC1. The van der Waals surface area contributed by atoms with E-state index in [0.29, 0.717) is 5.75 Å². The van der Waals surface area contributed by atoms with Gasteiger partial charge in [0.1, 0.15) is 11.5 Å². The van der Waals surface area contributed by atoms with E-state index in [1.165, 1.54) is 51.4 Å². The molecule has 30 heavy (non-hydrogen) atoms. The van der Waals surface area contributed by atoms with E-state index in [1.54, 1.807) is 0 Å². The standard InChI is InChI=1S/C27H42O3/c1-3-6-22-8-10-23(11-9-22)7-5-20-29-25-16-18-26(19-17-25)30-27(28)24-14-12-21(4-2)13-15-24/h16-19,21-24H,3-15,20H2,1-2H3/t21-,22-,23-,24-. The van der Waals surface area contributed by atoms with E-state index in [9.17, 15) is 4.79 Å². The molecule has 2 aliphatic rings. The lowest BCUT2D eigenvalue weighted by Gasteiger charge is -2.28. The monoisotopic (exact) mass is 414 g/mol. The van der Waals surface area contributed by atoms with E-state index >= 15 is 0 Å². The number of carbonyl (C=O) groups is 1. The van der Waals surface area contributed by atoms with Gasteiger partial charge in [-0.15, -0.1) is 0 Å². The van der Waals surface area contributed by atoms with Crippen LogP contribution >= 0.6 is 0 Å². The Balaban J connectivity index is 1.30. The van der Waals surface area contributed by atoms with Crippen molar-refractivity contribution in [1.29, 1.82) is 0 Å². The van der Waals surface area contributed by atoms with Crippen LogP contribution in [0.15, 0.2) is 24.3 Å². The Morgan fingerprint density at radius 1 is 0.800 bits per heavy atom. The Hall–Kier alpha value is -1.51. The summed E-state index contributed by atoms with van der Waals surface area (Å²) in [5, 5.41) is 0. The zero-order chi connectivity index (χ0) is 21.2. The van der Waals surface area contributed by atoms with Gasteiger partial charge in [0.15, 0.2) is 0 Å². The first-order chi connectivity index (χ1) is 14.7. The van der Waals surface area contributed by atoms with Crippen molar-refractivity contribution in [2.75, 3.05) is 6.61 Å². The zero-order valence-electron chi connectivity index (χ0n) is 19.2. The molecule has 1 aromatic rings. The maximum atomic E-state index is 12.4. The van der Waals surface area contributed by atoms with Crippen molar-refractivity contribution in [3.05, 3.63) is 24.3 Å². The molecule has 1 aromatic carbocycles. The molecule has 0 atom stereocenters. The molecule has 0 aromatic heterocycles. The summed E-state index contributed by atoms with van der Waals surface area (Å²) >= 11 is 0. The van der Waals surface area contributed by atoms with Gasteiger partial charge in [-0.2, -0.15) is 0 Å². The minimum Gasteiger partial charge on any atom is -0.494 e. The van der Waals surface area contributed by atoms with Crippen LogP contribution in [0.1, 0.15) is 97.3 Å². The van der Waals surface area contributed by atoms with E-state index in [1.807, 2.05) is 24.3 Å². The van der Waals surface area contributed by atoms with Crippen LogP contribution in [-0.2, 0) is 4.79 Å². The molecule has 0 unspecified atom stereocenters. The van der Waals surface area contributed by atoms with Crippen LogP contribution in [0.5, 0.6) is 11.5 Å². The fourth-order valence-electron chi connectivity index (χ4n) is 5.39. The van der Waals surface area contributed by atoms with Crippen molar-refractivity contribution in [3.8, 4) is 11.5 Å².